The molecule has 134 valence electrons. The van der Waals surface area contributed by atoms with Crippen LogP contribution in [-0.4, -0.2) is 51.5 Å². The predicted octanol–water partition coefficient (Wildman–Crippen LogP) is 0.840. The molecule has 7 nitrogen and oxygen atoms in total. The Morgan fingerprint density at radius 1 is 1.48 bits per heavy atom. The molecular formula is C17H22FN5O2. The number of hydrogen-bond donors (Lipinski definition) is 3. The summed E-state index contributed by atoms with van der Waals surface area (Å²) < 4.78 is 15.0. The molecule has 1 aliphatic rings. The summed E-state index contributed by atoms with van der Waals surface area (Å²) in [6.07, 6.45) is -0.468. The molecule has 2 heterocycles. The van der Waals surface area contributed by atoms with E-state index in [1.165, 1.54) is 16.8 Å². The normalized spacial score (nSPS) is 20.2. The monoisotopic (exact) mass is 347 g/mol. The highest BCUT2D eigenvalue weighted by molar-refractivity contribution is 5.90. The summed E-state index contributed by atoms with van der Waals surface area (Å²) in [6, 6.07) is 6.00. The molecule has 8 heteroatoms. The van der Waals surface area contributed by atoms with Gasteiger partial charge in [-0.15, -0.1) is 5.10 Å². The smallest absolute Gasteiger partial charge is 0.290 e. The topological polar surface area (TPSA) is 92.1 Å². The van der Waals surface area contributed by atoms with E-state index >= 15 is 0 Å². The second-order valence-electron chi connectivity index (χ2n) is 6.54. The Morgan fingerprint density at radius 3 is 2.92 bits per heavy atom. The Balaban J connectivity index is 1.80. The Morgan fingerprint density at radius 2 is 2.28 bits per heavy atom. The molecule has 3 N–H and O–H groups in total. The standard InChI is InChI=1S/C17H22FN5O2/c1-10(2)16-21-15(17(25)20-8-11-7-19-9-14(11)24)22-23(16)13-5-3-4-12(18)6-13/h3-6,10-11,14,19,24H,7-9H2,1-2H3,(H,20,25). The van der Waals surface area contributed by atoms with Crippen LogP contribution in [0.1, 0.15) is 36.2 Å². The van der Waals surface area contributed by atoms with Crippen molar-refractivity contribution in [3.8, 4) is 5.69 Å². The molecular weight excluding hydrogens is 325 g/mol. The zero-order valence-corrected chi connectivity index (χ0v) is 14.2. The molecule has 3 rings (SSSR count). The number of aromatic nitrogens is 3. The molecule has 2 aromatic rings. The van der Waals surface area contributed by atoms with E-state index in [-0.39, 0.29) is 23.5 Å². The fourth-order valence-electron chi connectivity index (χ4n) is 2.82. The summed E-state index contributed by atoms with van der Waals surface area (Å²) in [4.78, 5) is 16.7. The molecule has 1 saturated heterocycles. The average molecular weight is 347 g/mol. The minimum absolute atomic E-state index is 0.0122. The van der Waals surface area contributed by atoms with E-state index in [4.69, 9.17) is 0 Å². The number of amides is 1. The molecule has 0 aliphatic carbocycles. The number of benzene rings is 1. The SMILES string of the molecule is CC(C)c1nc(C(=O)NCC2CNCC2O)nn1-c1cccc(F)c1. The summed E-state index contributed by atoms with van der Waals surface area (Å²) in [5, 5.41) is 19.9. The van der Waals surface area contributed by atoms with Gasteiger partial charge in [-0.3, -0.25) is 4.79 Å². The zero-order chi connectivity index (χ0) is 18.0. The molecule has 25 heavy (non-hydrogen) atoms. The summed E-state index contributed by atoms with van der Waals surface area (Å²) in [7, 11) is 0. The fourth-order valence-corrected chi connectivity index (χ4v) is 2.82. The van der Waals surface area contributed by atoms with E-state index in [2.05, 4.69) is 20.7 Å². The highest BCUT2D eigenvalue weighted by atomic mass is 19.1. The van der Waals surface area contributed by atoms with E-state index < -0.39 is 12.0 Å². The minimum Gasteiger partial charge on any atom is -0.391 e. The average Bonchev–Trinajstić information content (AvgIpc) is 3.19. The molecule has 1 fully saturated rings. The zero-order valence-electron chi connectivity index (χ0n) is 14.2. The number of nitrogens with zero attached hydrogens (tertiary/aromatic N) is 3. The van der Waals surface area contributed by atoms with Crippen LogP contribution in [0.2, 0.25) is 0 Å². The van der Waals surface area contributed by atoms with Crippen molar-refractivity contribution in [1.29, 1.82) is 0 Å². The number of carbonyl (C=O) groups excluding carboxylic acids is 1. The molecule has 1 aromatic carbocycles. The lowest BCUT2D eigenvalue weighted by Crippen LogP contribution is -2.34. The first-order chi connectivity index (χ1) is 12.0. The van der Waals surface area contributed by atoms with E-state index in [0.717, 1.165) is 0 Å². The highest BCUT2D eigenvalue weighted by Gasteiger charge is 2.26. The van der Waals surface area contributed by atoms with Crippen molar-refractivity contribution in [3.63, 3.8) is 0 Å². The Kier molecular flexibility index (Phi) is 5.10. The number of aliphatic hydroxyl groups is 1. The number of β-amino-alcohol motifs (C(OH)–C–C–N with tert-alkyl or cyclic N) is 1. The van der Waals surface area contributed by atoms with Crippen LogP contribution in [0.5, 0.6) is 0 Å². The number of aliphatic hydroxyl groups excluding tert-OH is 1. The number of carbonyl (C=O) groups is 1. The molecule has 1 aromatic heterocycles. The molecule has 0 radical (unpaired) electrons. The quantitative estimate of drug-likeness (QED) is 0.745. The summed E-state index contributed by atoms with van der Waals surface area (Å²) in [5.74, 6) is -0.184. The summed E-state index contributed by atoms with van der Waals surface area (Å²) in [6.45, 7) is 5.40. The van der Waals surface area contributed by atoms with Crippen LogP contribution in [0.3, 0.4) is 0 Å². The lowest BCUT2D eigenvalue weighted by atomic mass is 10.1. The maximum atomic E-state index is 13.5. The summed E-state index contributed by atoms with van der Waals surface area (Å²) >= 11 is 0. The third kappa shape index (κ3) is 3.85. The van der Waals surface area contributed by atoms with Crippen LogP contribution < -0.4 is 10.6 Å². The van der Waals surface area contributed by atoms with Crippen LogP contribution in [0.4, 0.5) is 4.39 Å². The van der Waals surface area contributed by atoms with E-state index in [1.54, 1.807) is 12.1 Å². The van der Waals surface area contributed by atoms with Gasteiger partial charge in [0.25, 0.3) is 5.91 Å². The maximum Gasteiger partial charge on any atom is 0.290 e. The second kappa shape index (κ2) is 7.28. The molecule has 0 spiro atoms. The van der Waals surface area contributed by atoms with Gasteiger partial charge in [0.2, 0.25) is 5.82 Å². The van der Waals surface area contributed by atoms with Crippen molar-refractivity contribution < 1.29 is 14.3 Å². The lowest BCUT2D eigenvalue weighted by molar-refractivity contribution is 0.0917. The van der Waals surface area contributed by atoms with Crippen molar-refractivity contribution in [3.05, 3.63) is 41.7 Å². The van der Waals surface area contributed by atoms with Crippen molar-refractivity contribution in [2.45, 2.75) is 25.9 Å². The van der Waals surface area contributed by atoms with Gasteiger partial charge in [-0.05, 0) is 18.2 Å². The van der Waals surface area contributed by atoms with Crippen LogP contribution in [0.15, 0.2) is 24.3 Å². The van der Waals surface area contributed by atoms with E-state index in [9.17, 15) is 14.3 Å². The molecule has 1 amide bonds. The van der Waals surface area contributed by atoms with Crippen molar-refractivity contribution in [2.75, 3.05) is 19.6 Å². The highest BCUT2D eigenvalue weighted by Crippen LogP contribution is 2.18. The van der Waals surface area contributed by atoms with Gasteiger partial charge in [0.05, 0.1) is 11.8 Å². The van der Waals surface area contributed by atoms with Crippen molar-refractivity contribution >= 4 is 5.91 Å². The Labute approximate surface area is 145 Å². The number of nitrogens with one attached hydrogen (secondary N) is 2. The van der Waals surface area contributed by atoms with Gasteiger partial charge in [-0.1, -0.05) is 19.9 Å². The molecule has 2 unspecified atom stereocenters. The largest absolute Gasteiger partial charge is 0.391 e. The molecule has 2 atom stereocenters. The van der Waals surface area contributed by atoms with Gasteiger partial charge in [-0.2, -0.15) is 0 Å². The Bertz CT molecular complexity index is 761. The fraction of sp³-hybridized carbons (Fsp3) is 0.471. The van der Waals surface area contributed by atoms with Crippen LogP contribution >= 0.6 is 0 Å². The van der Waals surface area contributed by atoms with Gasteiger partial charge in [-0.25, -0.2) is 14.1 Å². The van der Waals surface area contributed by atoms with E-state index in [1.807, 2.05) is 13.8 Å². The number of rotatable bonds is 5. The van der Waals surface area contributed by atoms with E-state index in [0.29, 0.717) is 31.1 Å². The third-order valence-corrected chi connectivity index (χ3v) is 4.23. The number of hydrogen-bond acceptors (Lipinski definition) is 5. The van der Waals surface area contributed by atoms with Crippen LogP contribution in [0, 0.1) is 11.7 Å². The minimum atomic E-state index is -0.468. The molecule has 0 saturated carbocycles. The van der Waals surface area contributed by atoms with Gasteiger partial charge < -0.3 is 15.7 Å². The first-order valence-electron chi connectivity index (χ1n) is 8.35. The van der Waals surface area contributed by atoms with Crippen molar-refractivity contribution in [1.82, 2.24) is 25.4 Å². The molecule has 0 bridgehead atoms. The molecule has 1 aliphatic heterocycles. The van der Waals surface area contributed by atoms with Gasteiger partial charge in [0.1, 0.15) is 11.6 Å². The summed E-state index contributed by atoms with van der Waals surface area (Å²) in [5.41, 5.74) is 0.519. The Hall–Kier alpha value is -2.32. The first kappa shape index (κ1) is 17.5. The van der Waals surface area contributed by atoms with Gasteiger partial charge in [0, 0.05) is 31.5 Å². The maximum absolute atomic E-state index is 13.5. The third-order valence-electron chi connectivity index (χ3n) is 4.23. The second-order valence-corrected chi connectivity index (χ2v) is 6.54. The number of halogens is 1. The first-order valence-corrected chi connectivity index (χ1v) is 8.35. The van der Waals surface area contributed by atoms with Crippen molar-refractivity contribution in [2.24, 2.45) is 5.92 Å². The van der Waals surface area contributed by atoms with Gasteiger partial charge >= 0.3 is 0 Å². The van der Waals surface area contributed by atoms with Gasteiger partial charge in [0.15, 0.2) is 0 Å². The van der Waals surface area contributed by atoms with Crippen LogP contribution in [0.25, 0.3) is 5.69 Å². The lowest BCUT2D eigenvalue weighted by Gasteiger charge is -2.12. The predicted molar refractivity (Wildman–Crippen MR) is 90.1 cm³/mol. The van der Waals surface area contributed by atoms with Crippen LogP contribution in [-0.2, 0) is 0 Å².